The number of aromatic nitrogens is 1. The summed E-state index contributed by atoms with van der Waals surface area (Å²) in [6.45, 7) is -0.275. The van der Waals surface area contributed by atoms with E-state index in [1.54, 1.807) is 0 Å². The molecule has 0 N–H and O–H groups in total. The van der Waals surface area contributed by atoms with Crippen LogP contribution in [0.4, 0.5) is 0 Å². The lowest BCUT2D eigenvalue weighted by atomic mass is 9.50. The van der Waals surface area contributed by atoms with E-state index in [-0.39, 0.29) is 6.92 Å². The normalized spacial score (nSPS) is 12.7. The van der Waals surface area contributed by atoms with E-state index in [0.717, 1.165) is 61.6 Å². The third kappa shape index (κ3) is 3.67. The zero-order chi connectivity index (χ0) is 30.2. The first-order valence-corrected chi connectivity index (χ1v) is 15.7. The molecule has 0 unspecified atom stereocenters. The monoisotopic (exact) mass is 587 g/mol. The number of hydrogen-bond donors (Lipinski definition) is 0. The molecule has 0 radical (unpaired) electrons. The van der Waals surface area contributed by atoms with Gasteiger partial charge in [-0.25, -0.2) is 0 Å². The van der Waals surface area contributed by atoms with Crippen molar-refractivity contribution < 1.29 is 9.39 Å². The second-order valence-electron chi connectivity index (χ2n) is 12.0. The Balaban J connectivity index is 1.11. The molecule has 0 saturated heterocycles. The average molecular weight is 587 g/mol. The Morgan fingerprint density at radius 2 is 1.11 bits per heavy atom. The van der Waals surface area contributed by atoms with Crippen molar-refractivity contribution in [2.24, 2.45) is 0 Å². The molecule has 0 saturated carbocycles. The van der Waals surface area contributed by atoms with E-state index in [2.05, 4.69) is 162 Å². The maximum absolute atomic E-state index is 6.91. The van der Waals surface area contributed by atoms with Crippen molar-refractivity contribution in [3.8, 4) is 56.3 Å². The molecule has 10 rings (SSSR count). The fourth-order valence-electron chi connectivity index (χ4n) is 7.40. The van der Waals surface area contributed by atoms with Crippen LogP contribution in [0.25, 0.3) is 60.9 Å². The molecular formula is C42H26BNO2. The molecule has 0 spiro atoms. The van der Waals surface area contributed by atoms with Gasteiger partial charge in [-0.3, -0.25) is 0 Å². The van der Waals surface area contributed by atoms with Crippen LogP contribution in [0.5, 0.6) is 17.2 Å². The maximum atomic E-state index is 6.91. The standard InChI is InChI=1S/C42H26BNO2/c1-2-11-27(12-3-1)28-13-8-14-29(25-28)30-23-24-39-34(26-30)33-17-9-22-40-41(33)43(46-39)35-18-10-21-38(42(35)45-40)44-36-19-6-4-15-31(36)32-16-5-7-20-37(32)44/h1-26H. The molecule has 7 aromatic carbocycles. The minimum absolute atomic E-state index is 0.275. The Hall–Kier alpha value is -6.00. The molecule has 46 heavy (non-hydrogen) atoms. The van der Waals surface area contributed by atoms with E-state index in [0.29, 0.717) is 0 Å². The Kier molecular flexibility index (Phi) is 5.37. The van der Waals surface area contributed by atoms with E-state index in [9.17, 15) is 0 Å². The molecule has 0 aliphatic carbocycles. The second-order valence-corrected chi connectivity index (χ2v) is 12.0. The molecule has 1 aromatic heterocycles. The van der Waals surface area contributed by atoms with Crippen molar-refractivity contribution in [2.45, 2.75) is 0 Å². The highest BCUT2D eigenvalue weighted by Crippen LogP contribution is 2.43. The highest BCUT2D eigenvalue weighted by atomic mass is 16.5. The van der Waals surface area contributed by atoms with Gasteiger partial charge in [0.05, 0.1) is 16.7 Å². The van der Waals surface area contributed by atoms with Gasteiger partial charge in [-0.15, -0.1) is 0 Å². The minimum Gasteiger partial charge on any atom is -0.551 e. The fraction of sp³-hybridized carbons (Fsp3) is 0. The Labute approximate surface area is 267 Å². The quantitative estimate of drug-likeness (QED) is 0.192. The van der Waals surface area contributed by atoms with E-state index < -0.39 is 0 Å². The summed E-state index contributed by atoms with van der Waals surface area (Å²) in [5, 5.41) is 2.45. The van der Waals surface area contributed by atoms with Gasteiger partial charge in [-0.05, 0) is 70.3 Å². The Bertz CT molecular complexity index is 2440. The van der Waals surface area contributed by atoms with Gasteiger partial charge >= 0.3 is 6.92 Å². The van der Waals surface area contributed by atoms with Crippen molar-refractivity contribution in [3.05, 3.63) is 158 Å². The number of fused-ring (bicyclic) bond motifs is 7. The van der Waals surface area contributed by atoms with Crippen LogP contribution in [-0.2, 0) is 0 Å². The van der Waals surface area contributed by atoms with Crippen LogP contribution in [0.3, 0.4) is 0 Å². The van der Waals surface area contributed by atoms with E-state index in [1.165, 1.54) is 27.5 Å². The Morgan fingerprint density at radius 1 is 0.457 bits per heavy atom. The van der Waals surface area contributed by atoms with Crippen molar-refractivity contribution in [1.29, 1.82) is 0 Å². The number of benzene rings is 7. The van der Waals surface area contributed by atoms with Crippen molar-refractivity contribution in [3.63, 3.8) is 0 Å². The zero-order valence-electron chi connectivity index (χ0n) is 24.9. The average Bonchev–Trinajstić information content (AvgIpc) is 3.46. The topological polar surface area (TPSA) is 23.4 Å². The fourth-order valence-corrected chi connectivity index (χ4v) is 7.40. The molecule has 214 valence electrons. The van der Waals surface area contributed by atoms with Gasteiger partial charge in [0.2, 0.25) is 0 Å². The van der Waals surface area contributed by atoms with Crippen molar-refractivity contribution in [1.82, 2.24) is 4.57 Å². The number of ether oxygens (including phenoxy) is 1. The summed E-state index contributed by atoms with van der Waals surface area (Å²) in [6.07, 6.45) is 0. The third-order valence-corrected chi connectivity index (χ3v) is 9.49. The summed E-state index contributed by atoms with van der Waals surface area (Å²) >= 11 is 0. The van der Waals surface area contributed by atoms with Crippen LogP contribution in [-0.4, -0.2) is 11.5 Å². The molecule has 0 amide bonds. The lowest BCUT2D eigenvalue weighted by molar-refractivity contribution is 0.477. The molecule has 3 nitrogen and oxygen atoms in total. The number of rotatable bonds is 3. The highest BCUT2D eigenvalue weighted by Gasteiger charge is 2.41. The molecular weight excluding hydrogens is 561 g/mol. The maximum Gasteiger partial charge on any atom is 0.434 e. The molecule has 2 aliphatic rings. The van der Waals surface area contributed by atoms with Gasteiger partial charge in [0.15, 0.2) is 0 Å². The third-order valence-electron chi connectivity index (χ3n) is 9.49. The molecule has 0 atom stereocenters. The van der Waals surface area contributed by atoms with E-state index in [4.69, 9.17) is 9.39 Å². The van der Waals surface area contributed by atoms with Gasteiger partial charge < -0.3 is 14.0 Å². The summed E-state index contributed by atoms with van der Waals surface area (Å²) in [6, 6.07) is 55.8. The van der Waals surface area contributed by atoms with Crippen molar-refractivity contribution >= 4 is 39.6 Å². The number of nitrogens with zero attached hydrogens (tertiary/aromatic N) is 1. The summed E-state index contributed by atoms with van der Waals surface area (Å²) in [7, 11) is 0. The number of para-hydroxylation sites is 3. The van der Waals surface area contributed by atoms with Crippen LogP contribution < -0.4 is 20.3 Å². The minimum atomic E-state index is -0.275. The van der Waals surface area contributed by atoms with Crippen LogP contribution >= 0.6 is 0 Å². The molecule has 0 bridgehead atoms. The summed E-state index contributed by atoms with van der Waals surface area (Å²) < 4.78 is 16.1. The molecule has 3 heterocycles. The molecule has 4 heteroatoms. The van der Waals surface area contributed by atoms with E-state index >= 15 is 0 Å². The first-order valence-electron chi connectivity index (χ1n) is 15.7. The molecule has 2 aliphatic heterocycles. The molecule has 8 aromatic rings. The van der Waals surface area contributed by atoms with Crippen LogP contribution in [0.2, 0.25) is 0 Å². The first kappa shape index (κ1) is 25.3. The molecule has 0 fully saturated rings. The van der Waals surface area contributed by atoms with Gasteiger partial charge in [-0.1, -0.05) is 115 Å². The predicted octanol–water partition coefficient (Wildman–Crippen LogP) is 9.39. The van der Waals surface area contributed by atoms with Gasteiger partial charge in [-0.2, -0.15) is 0 Å². The van der Waals surface area contributed by atoms with Crippen LogP contribution in [0, 0.1) is 0 Å². The lowest BCUT2D eigenvalue weighted by Gasteiger charge is -2.33. The highest BCUT2D eigenvalue weighted by molar-refractivity contribution is 6.84. The SMILES string of the molecule is c1ccc(-c2cccc(-c3ccc4c(c3)-c3cccc5c3B(O4)c3cccc(-n4c6ccccc6c6ccccc64)c3O5)c2)cc1. The zero-order valence-corrected chi connectivity index (χ0v) is 24.9. The van der Waals surface area contributed by atoms with Crippen molar-refractivity contribution in [2.75, 3.05) is 0 Å². The van der Waals surface area contributed by atoms with Crippen LogP contribution in [0.1, 0.15) is 0 Å². The van der Waals surface area contributed by atoms with Gasteiger partial charge in [0.1, 0.15) is 17.2 Å². The first-order chi connectivity index (χ1) is 22.8. The van der Waals surface area contributed by atoms with E-state index in [1.807, 2.05) is 0 Å². The second kappa shape index (κ2) is 9.75. The summed E-state index contributed by atoms with van der Waals surface area (Å²) in [5.74, 6) is 2.56. The predicted molar refractivity (Wildman–Crippen MR) is 189 cm³/mol. The van der Waals surface area contributed by atoms with Gasteiger partial charge in [0.25, 0.3) is 0 Å². The van der Waals surface area contributed by atoms with Gasteiger partial charge in [0, 0.05) is 27.3 Å². The summed E-state index contributed by atoms with van der Waals surface area (Å²) in [4.78, 5) is 0. The summed E-state index contributed by atoms with van der Waals surface area (Å²) in [5.41, 5.74) is 12.4. The van der Waals surface area contributed by atoms with Crippen LogP contribution in [0.15, 0.2) is 158 Å². The lowest BCUT2D eigenvalue weighted by Crippen LogP contribution is -2.53. The Morgan fingerprint density at radius 3 is 1.91 bits per heavy atom. The largest absolute Gasteiger partial charge is 0.551 e. The number of hydrogen-bond acceptors (Lipinski definition) is 2. The smallest absolute Gasteiger partial charge is 0.434 e.